The van der Waals surface area contributed by atoms with Gasteiger partial charge in [0.15, 0.2) is 0 Å². The van der Waals surface area contributed by atoms with E-state index in [0.29, 0.717) is 11.1 Å². The number of esters is 1. The van der Waals surface area contributed by atoms with Gasteiger partial charge in [-0.3, -0.25) is 14.4 Å². The maximum Gasteiger partial charge on any atom is 0.339 e. The number of rotatable bonds is 10. The second-order valence-corrected chi connectivity index (χ2v) is 8.45. The van der Waals surface area contributed by atoms with E-state index < -0.39 is 30.2 Å². The van der Waals surface area contributed by atoms with Gasteiger partial charge in [0.25, 0.3) is 0 Å². The number of amides is 3. The molecule has 3 N–H and O–H groups in total. The highest BCUT2D eigenvalue weighted by Gasteiger charge is 2.42. The fraction of sp³-hybridized carbons (Fsp3) is 0.440. The first-order chi connectivity index (χ1) is 17.3. The molecule has 1 saturated heterocycles. The molecule has 1 aliphatic carbocycles. The number of aliphatic hydroxyl groups excluding tert-OH is 1. The third-order valence-electron chi connectivity index (χ3n) is 5.65. The lowest BCUT2D eigenvalue weighted by atomic mass is 9.91. The molecule has 194 valence electrons. The number of carbonyl (C=O) groups excluding carboxylic acids is 4. The predicted octanol–water partition coefficient (Wildman–Crippen LogP) is -0.000200. The molecule has 0 saturated carbocycles. The van der Waals surface area contributed by atoms with Crippen molar-refractivity contribution in [3.8, 4) is 0 Å². The molecule has 0 spiro atoms. The third-order valence-corrected chi connectivity index (χ3v) is 5.65. The van der Waals surface area contributed by atoms with Gasteiger partial charge in [-0.05, 0) is 23.8 Å². The summed E-state index contributed by atoms with van der Waals surface area (Å²) in [6.45, 7) is 0.0987. The molecule has 11 nitrogen and oxygen atoms in total. The lowest BCUT2D eigenvalue weighted by Gasteiger charge is -2.30. The first-order valence-corrected chi connectivity index (χ1v) is 11.6. The summed E-state index contributed by atoms with van der Waals surface area (Å²) in [5, 5.41) is 13.9. The lowest BCUT2D eigenvalue weighted by Crippen LogP contribution is -2.43. The van der Waals surface area contributed by atoms with Crippen molar-refractivity contribution in [2.24, 2.45) is 0 Å². The van der Waals surface area contributed by atoms with E-state index >= 15 is 0 Å². The normalized spacial score (nSPS) is 20.9. The highest BCUT2D eigenvalue weighted by Crippen LogP contribution is 2.31. The van der Waals surface area contributed by atoms with Crippen LogP contribution in [0.5, 0.6) is 0 Å². The first-order valence-electron chi connectivity index (χ1n) is 11.6. The molecule has 3 amide bonds. The summed E-state index contributed by atoms with van der Waals surface area (Å²) < 4.78 is 16.9. The highest BCUT2D eigenvalue weighted by atomic mass is 16.7. The zero-order valence-electron chi connectivity index (χ0n) is 20.3. The number of hydrogen-bond acceptors (Lipinski definition) is 8. The lowest BCUT2D eigenvalue weighted by molar-refractivity contribution is -0.124. The Balaban J connectivity index is 1.66. The molecule has 3 rings (SSSR count). The van der Waals surface area contributed by atoms with Gasteiger partial charge in [0, 0.05) is 51.7 Å². The Hall–Kier alpha value is -3.54. The summed E-state index contributed by atoms with van der Waals surface area (Å²) >= 11 is 0. The van der Waals surface area contributed by atoms with Crippen LogP contribution in [0.2, 0.25) is 0 Å². The van der Waals surface area contributed by atoms with Gasteiger partial charge in [0.2, 0.25) is 17.7 Å². The summed E-state index contributed by atoms with van der Waals surface area (Å²) in [4.78, 5) is 50.8. The number of hydrogen-bond donors (Lipinski definition) is 3. The fourth-order valence-electron chi connectivity index (χ4n) is 3.75. The summed E-state index contributed by atoms with van der Waals surface area (Å²) in [7, 11) is 3.26. The number of benzene rings is 1. The third kappa shape index (κ3) is 7.23. The van der Waals surface area contributed by atoms with Crippen molar-refractivity contribution in [2.75, 3.05) is 40.6 Å². The summed E-state index contributed by atoms with van der Waals surface area (Å²) in [5.41, 5.74) is 1.15. The van der Waals surface area contributed by atoms with Gasteiger partial charge >= 0.3 is 5.97 Å². The van der Waals surface area contributed by atoms with Gasteiger partial charge in [0.05, 0.1) is 12.2 Å². The molecule has 0 bridgehead atoms. The van der Waals surface area contributed by atoms with Crippen LogP contribution in [0.25, 0.3) is 6.08 Å². The van der Waals surface area contributed by atoms with Crippen LogP contribution in [-0.2, 0) is 28.6 Å². The van der Waals surface area contributed by atoms with Crippen LogP contribution in [0.4, 0.5) is 0 Å². The Morgan fingerprint density at radius 1 is 1.14 bits per heavy atom. The number of ether oxygens (including phenoxy) is 3. The van der Waals surface area contributed by atoms with Gasteiger partial charge in [-0.25, -0.2) is 4.79 Å². The van der Waals surface area contributed by atoms with Gasteiger partial charge in [-0.15, -0.1) is 0 Å². The second kappa shape index (κ2) is 13.0. The minimum atomic E-state index is -0.774. The molecule has 36 heavy (non-hydrogen) atoms. The smallest absolute Gasteiger partial charge is 0.339 e. The maximum absolute atomic E-state index is 13.1. The van der Waals surface area contributed by atoms with Crippen LogP contribution in [0.15, 0.2) is 42.0 Å². The van der Waals surface area contributed by atoms with Crippen molar-refractivity contribution in [3.63, 3.8) is 0 Å². The van der Waals surface area contributed by atoms with E-state index in [1.165, 1.54) is 11.0 Å². The molecule has 3 unspecified atom stereocenters. The van der Waals surface area contributed by atoms with E-state index in [1.54, 1.807) is 50.5 Å². The second-order valence-electron chi connectivity index (χ2n) is 8.45. The number of likely N-dealkylation sites (N-methyl/N-ethyl adjacent to an activating group) is 1. The van der Waals surface area contributed by atoms with Crippen molar-refractivity contribution >= 4 is 29.8 Å². The first kappa shape index (κ1) is 27.1. The van der Waals surface area contributed by atoms with E-state index in [-0.39, 0.29) is 56.7 Å². The zero-order chi connectivity index (χ0) is 26.1. The van der Waals surface area contributed by atoms with Crippen LogP contribution in [0.1, 0.15) is 28.8 Å². The molecule has 3 atom stereocenters. The number of carbonyl (C=O) groups is 4. The molecule has 0 radical (unpaired) electrons. The van der Waals surface area contributed by atoms with Crippen LogP contribution in [0, 0.1) is 0 Å². The Morgan fingerprint density at radius 2 is 1.92 bits per heavy atom. The van der Waals surface area contributed by atoms with Crippen LogP contribution >= 0.6 is 0 Å². The predicted molar refractivity (Wildman–Crippen MR) is 128 cm³/mol. The van der Waals surface area contributed by atoms with E-state index in [4.69, 9.17) is 19.3 Å². The molecule has 1 fully saturated rings. The largest absolute Gasteiger partial charge is 0.456 e. The van der Waals surface area contributed by atoms with Crippen LogP contribution in [-0.4, -0.2) is 92.6 Å². The van der Waals surface area contributed by atoms with Crippen molar-refractivity contribution < 1.29 is 38.5 Å². The van der Waals surface area contributed by atoms with Gasteiger partial charge < -0.3 is 34.9 Å². The fourth-order valence-corrected chi connectivity index (χ4v) is 3.75. The average Bonchev–Trinajstić information content (AvgIpc) is 3.35. The van der Waals surface area contributed by atoms with E-state index in [2.05, 4.69) is 10.6 Å². The number of fused-ring (bicyclic) bond motifs is 1. The Morgan fingerprint density at radius 3 is 2.67 bits per heavy atom. The minimum Gasteiger partial charge on any atom is -0.456 e. The summed E-state index contributed by atoms with van der Waals surface area (Å²) in [6, 6.07) is 6.73. The number of aliphatic hydroxyl groups is 1. The van der Waals surface area contributed by atoms with E-state index in [0.717, 1.165) is 0 Å². The molecule has 1 aromatic carbocycles. The maximum atomic E-state index is 13.1. The molecule has 1 heterocycles. The van der Waals surface area contributed by atoms with Gasteiger partial charge in [-0.2, -0.15) is 0 Å². The molecule has 1 aromatic rings. The van der Waals surface area contributed by atoms with Crippen LogP contribution in [0.3, 0.4) is 0 Å². The number of nitrogens with zero attached hydrogens (tertiary/aromatic N) is 1. The van der Waals surface area contributed by atoms with Gasteiger partial charge in [0.1, 0.15) is 25.1 Å². The Kier molecular flexibility index (Phi) is 9.74. The minimum absolute atomic E-state index is 0.00574. The molecule has 2 aliphatic rings. The zero-order valence-corrected chi connectivity index (χ0v) is 20.3. The molecule has 0 aromatic heterocycles. The number of nitrogens with one attached hydrogen (secondary N) is 2. The molecule has 11 heteroatoms. The molecule has 1 aliphatic heterocycles. The van der Waals surface area contributed by atoms with Crippen molar-refractivity contribution in [3.05, 3.63) is 53.1 Å². The van der Waals surface area contributed by atoms with Gasteiger partial charge in [-0.1, -0.05) is 18.2 Å². The van der Waals surface area contributed by atoms with Crippen LogP contribution < -0.4 is 10.6 Å². The van der Waals surface area contributed by atoms with Crippen molar-refractivity contribution in [1.29, 1.82) is 0 Å². The summed E-state index contributed by atoms with van der Waals surface area (Å²) in [6.07, 6.45) is 2.83. The topological polar surface area (TPSA) is 144 Å². The summed E-state index contributed by atoms with van der Waals surface area (Å²) in [5.74, 6) is -1.53. The standard InChI is InChI=1S/C25H31N3O8/c1-28(2)22(31)8-7-16-5-3-4-6-18(16)25(33)36-20-14-17(13-19-23(20)35-15-34-19)24(32)27-10-9-21(30)26-11-12-29/h3-8,13,19-20,23,29H,9-12,14-15H2,1-2H3,(H,26,30)(H,27,32). The SMILES string of the molecule is CN(C)C(=O)C=Cc1ccccc1C(=O)OC1CC(C(=O)NCCC(=O)NCCO)=CC2OCOC21. The van der Waals surface area contributed by atoms with E-state index in [9.17, 15) is 19.2 Å². The van der Waals surface area contributed by atoms with E-state index in [1.807, 2.05) is 0 Å². The molecular weight excluding hydrogens is 470 g/mol. The quantitative estimate of drug-likeness (QED) is 0.300. The Bertz CT molecular complexity index is 1040. The van der Waals surface area contributed by atoms with Crippen molar-refractivity contribution in [2.45, 2.75) is 31.2 Å². The Labute approximate surface area is 209 Å². The monoisotopic (exact) mass is 501 g/mol. The molecular formula is C25H31N3O8. The average molecular weight is 502 g/mol. The van der Waals surface area contributed by atoms with Crippen molar-refractivity contribution in [1.82, 2.24) is 15.5 Å². The highest BCUT2D eigenvalue weighted by molar-refractivity contribution is 5.97.